The molecular weight excluding hydrogens is 434 g/mol. The number of carbonyl (C=O) groups is 2. The Labute approximate surface area is 191 Å². The van der Waals surface area contributed by atoms with E-state index in [-0.39, 0.29) is 43.7 Å². The number of hydrogen-bond donors (Lipinski definition) is 3. The summed E-state index contributed by atoms with van der Waals surface area (Å²) in [5, 5.41) is 11.5. The average Bonchev–Trinajstić information content (AvgIpc) is 2.76. The minimum atomic E-state index is -0.528. The molecule has 2 rings (SSSR count). The summed E-state index contributed by atoms with van der Waals surface area (Å²) >= 11 is 0. The normalized spacial score (nSPS) is 11.4. The van der Waals surface area contributed by atoms with Gasteiger partial charge >= 0.3 is 0 Å². The number of aliphatic hydroxyl groups excluding tert-OH is 1. The van der Waals surface area contributed by atoms with Gasteiger partial charge < -0.3 is 30.7 Å². The van der Waals surface area contributed by atoms with Gasteiger partial charge in [-0.25, -0.2) is 8.78 Å². The van der Waals surface area contributed by atoms with Crippen molar-refractivity contribution in [1.82, 2.24) is 15.1 Å². The lowest BCUT2D eigenvalue weighted by Gasteiger charge is -2.30. The molecule has 0 saturated heterocycles. The maximum atomic E-state index is 13.6. The third kappa shape index (κ3) is 8.08. The Morgan fingerprint density at radius 2 is 1.82 bits per heavy atom. The van der Waals surface area contributed by atoms with E-state index < -0.39 is 23.4 Å². The molecule has 0 spiro atoms. The topological polar surface area (TPSA) is 108 Å². The van der Waals surface area contributed by atoms with Crippen LogP contribution >= 0.6 is 0 Å². The fourth-order valence-corrected chi connectivity index (χ4v) is 2.97. The maximum Gasteiger partial charge on any atom is 0.273 e. The van der Waals surface area contributed by atoms with Crippen molar-refractivity contribution >= 4 is 11.8 Å². The molecule has 4 N–H and O–H groups in total. The van der Waals surface area contributed by atoms with Crippen LogP contribution in [0.15, 0.2) is 60.0 Å². The highest BCUT2D eigenvalue weighted by Crippen LogP contribution is 2.18. The first-order valence-corrected chi connectivity index (χ1v) is 10.2. The molecule has 0 atom stereocenters. The molecule has 0 aromatic heterocycles. The number of likely N-dealkylation sites (N-methyl/N-ethyl adjacent to an activating group) is 1. The number of benzene rings is 2. The number of amides is 2. The molecule has 0 heterocycles. The Balaban J connectivity index is 2.43. The van der Waals surface area contributed by atoms with E-state index in [0.717, 1.165) is 0 Å². The molecule has 8 nitrogen and oxygen atoms in total. The predicted molar refractivity (Wildman–Crippen MR) is 118 cm³/mol. The lowest BCUT2D eigenvalue weighted by Crippen LogP contribution is -2.43. The molecule has 10 heteroatoms. The molecule has 0 aliphatic heterocycles. The second-order valence-electron chi connectivity index (χ2n) is 7.30. The molecule has 2 aromatic rings. The molecule has 0 radical (unpaired) electrons. The third-order valence-corrected chi connectivity index (χ3v) is 4.55. The van der Waals surface area contributed by atoms with Crippen molar-refractivity contribution in [1.29, 1.82) is 0 Å². The monoisotopic (exact) mass is 462 g/mol. The van der Waals surface area contributed by atoms with Crippen LogP contribution in [0.3, 0.4) is 0 Å². The molecule has 33 heavy (non-hydrogen) atoms. The number of nitrogens with two attached hydrogens (primary N) is 1. The summed E-state index contributed by atoms with van der Waals surface area (Å²) in [5.74, 6) is -1.91. The van der Waals surface area contributed by atoms with Crippen LogP contribution in [0, 0.1) is 11.6 Å². The molecule has 0 bridgehead atoms. The SMILES string of the molecule is CC(=O)N/C(N)=C(\C(=O)N(C)CCCO)N(COc1cccc(F)c1)Cc1ccc(F)cc1. The molecule has 0 saturated carbocycles. The van der Waals surface area contributed by atoms with E-state index in [0.29, 0.717) is 12.0 Å². The van der Waals surface area contributed by atoms with Gasteiger partial charge in [0.2, 0.25) is 5.91 Å². The first-order chi connectivity index (χ1) is 15.7. The van der Waals surface area contributed by atoms with Gasteiger partial charge in [-0.2, -0.15) is 0 Å². The number of halogens is 2. The third-order valence-electron chi connectivity index (χ3n) is 4.55. The van der Waals surface area contributed by atoms with E-state index in [1.54, 1.807) is 6.07 Å². The van der Waals surface area contributed by atoms with E-state index in [9.17, 15) is 18.4 Å². The van der Waals surface area contributed by atoms with Crippen molar-refractivity contribution in [2.45, 2.75) is 19.9 Å². The largest absolute Gasteiger partial charge is 0.473 e. The first-order valence-electron chi connectivity index (χ1n) is 10.2. The number of nitrogens with zero attached hydrogens (tertiary/aromatic N) is 2. The summed E-state index contributed by atoms with van der Waals surface area (Å²) in [6.45, 7) is 1.22. The van der Waals surface area contributed by atoms with E-state index in [4.69, 9.17) is 15.6 Å². The zero-order valence-corrected chi connectivity index (χ0v) is 18.6. The first kappa shape index (κ1) is 25.6. The van der Waals surface area contributed by atoms with Gasteiger partial charge in [0, 0.05) is 39.7 Å². The Kier molecular flexibility index (Phi) is 9.62. The van der Waals surface area contributed by atoms with Gasteiger partial charge in [0.15, 0.2) is 6.73 Å². The van der Waals surface area contributed by atoms with Crippen molar-refractivity contribution < 1.29 is 28.2 Å². The second-order valence-corrected chi connectivity index (χ2v) is 7.30. The standard InChI is InChI=1S/C23H28F2N4O4/c1-16(31)27-22(26)21(23(32)28(2)11-4-12-30)29(14-17-7-9-18(24)10-8-17)15-33-20-6-3-5-19(25)13-20/h3,5-10,13,30H,4,11-12,14-15,26H2,1-2H3,(H,27,31)/b22-21+. The Hall–Kier alpha value is -3.66. The van der Waals surface area contributed by atoms with Gasteiger partial charge in [0.05, 0.1) is 0 Å². The number of rotatable bonds is 11. The molecule has 0 aliphatic carbocycles. The van der Waals surface area contributed by atoms with Crippen LogP contribution in [0.5, 0.6) is 5.75 Å². The fraction of sp³-hybridized carbons (Fsp3) is 0.304. The van der Waals surface area contributed by atoms with Crippen molar-refractivity contribution in [3.63, 3.8) is 0 Å². The van der Waals surface area contributed by atoms with E-state index >= 15 is 0 Å². The Bertz CT molecular complexity index is 983. The zero-order chi connectivity index (χ0) is 24.4. The molecule has 2 aromatic carbocycles. The van der Waals surface area contributed by atoms with Gasteiger partial charge in [-0.3, -0.25) is 9.59 Å². The maximum absolute atomic E-state index is 13.6. The Morgan fingerprint density at radius 1 is 1.12 bits per heavy atom. The zero-order valence-electron chi connectivity index (χ0n) is 18.6. The van der Waals surface area contributed by atoms with Crippen LogP contribution in [0.4, 0.5) is 8.78 Å². The van der Waals surface area contributed by atoms with Crippen molar-refractivity contribution in [2.75, 3.05) is 26.9 Å². The van der Waals surface area contributed by atoms with Gasteiger partial charge in [0.25, 0.3) is 5.91 Å². The fourth-order valence-electron chi connectivity index (χ4n) is 2.97. The summed E-state index contributed by atoms with van der Waals surface area (Å²) < 4.78 is 32.6. The molecule has 0 aliphatic rings. The van der Waals surface area contributed by atoms with Crippen molar-refractivity contribution in [2.24, 2.45) is 5.73 Å². The summed E-state index contributed by atoms with van der Waals surface area (Å²) in [4.78, 5) is 27.7. The smallest absolute Gasteiger partial charge is 0.273 e. The summed E-state index contributed by atoms with van der Waals surface area (Å²) in [6.07, 6.45) is 0.341. The average molecular weight is 462 g/mol. The number of hydrogen-bond acceptors (Lipinski definition) is 6. The minimum Gasteiger partial charge on any atom is -0.473 e. The summed E-state index contributed by atoms with van der Waals surface area (Å²) in [5.41, 5.74) is 6.67. The Morgan fingerprint density at radius 3 is 2.42 bits per heavy atom. The van der Waals surface area contributed by atoms with E-state index in [1.165, 1.54) is 66.2 Å². The number of nitrogens with one attached hydrogen (secondary N) is 1. The van der Waals surface area contributed by atoms with Crippen LogP contribution in [-0.2, 0) is 16.1 Å². The van der Waals surface area contributed by atoms with Crippen LogP contribution in [0.2, 0.25) is 0 Å². The highest BCUT2D eigenvalue weighted by atomic mass is 19.1. The van der Waals surface area contributed by atoms with Gasteiger partial charge in [-0.15, -0.1) is 0 Å². The van der Waals surface area contributed by atoms with Gasteiger partial charge in [0.1, 0.15) is 28.9 Å². The molecule has 2 amide bonds. The molecule has 0 unspecified atom stereocenters. The lowest BCUT2D eigenvalue weighted by molar-refractivity contribution is -0.128. The van der Waals surface area contributed by atoms with Crippen LogP contribution < -0.4 is 15.8 Å². The molecule has 178 valence electrons. The lowest BCUT2D eigenvalue weighted by atomic mass is 10.2. The quantitative estimate of drug-likeness (QED) is 0.348. The highest BCUT2D eigenvalue weighted by molar-refractivity contribution is 5.94. The predicted octanol–water partition coefficient (Wildman–Crippen LogP) is 1.91. The van der Waals surface area contributed by atoms with Crippen LogP contribution in [0.1, 0.15) is 18.9 Å². The van der Waals surface area contributed by atoms with E-state index in [2.05, 4.69) is 5.32 Å². The molecule has 0 fully saturated rings. The summed E-state index contributed by atoms with van der Waals surface area (Å²) in [7, 11) is 1.53. The summed E-state index contributed by atoms with van der Waals surface area (Å²) in [6, 6.07) is 11.1. The minimum absolute atomic E-state index is 0.0635. The van der Waals surface area contributed by atoms with Gasteiger partial charge in [-0.1, -0.05) is 18.2 Å². The number of carbonyl (C=O) groups excluding carboxylic acids is 2. The van der Waals surface area contributed by atoms with Crippen LogP contribution in [-0.4, -0.2) is 53.7 Å². The highest BCUT2D eigenvalue weighted by Gasteiger charge is 2.26. The molecular formula is C23H28F2N4O4. The van der Waals surface area contributed by atoms with Crippen LogP contribution in [0.25, 0.3) is 0 Å². The van der Waals surface area contributed by atoms with Crippen molar-refractivity contribution in [3.05, 3.63) is 77.2 Å². The van der Waals surface area contributed by atoms with E-state index in [1.807, 2.05) is 0 Å². The van der Waals surface area contributed by atoms with Crippen molar-refractivity contribution in [3.8, 4) is 5.75 Å². The second kappa shape index (κ2) is 12.4. The number of ether oxygens (including phenoxy) is 1. The van der Waals surface area contributed by atoms with Gasteiger partial charge in [-0.05, 0) is 36.2 Å². The number of aliphatic hydroxyl groups is 1.